The van der Waals surface area contributed by atoms with Crippen molar-refractivity contribution in [3.8, 4) is 0 Å². The molecule has 202 valence electrons. The number of fused-ring (bicyclic) bond motifs is 5. The van der Waals surface area contributed by atoms with E-state index in [9.17, 15) is 25.2 Å². The van der Waals surface area contributed by atoms with E-state index in [-0.39, 0.29) is 40.5 Å². The maximum Gasteiger partial charge on any atom is 0.220 e. The predicted molar refractivity (Wildman–Crippen MR) is 136 cm³/mol. The van der Waals surface area contributed by atoms with Crippen LogP contribution in [0.2, 0.25) is 0 Å². The van der Waals surface area contributed by atoms with Crippen LogP contribution in [-0.2, 0) is 4.79 Å². The molecule has 0 aromatic carbocycles. The van der Waals surface area contributed by atoms with Gasteiger partial charge in [0.25, 0.3) is 0 Å². The van der Waals surface area contributed by atoms with Gasteiger partial charge in [0, 0.05) is 12.5 Å². The number of nitrogens with one attached hydrogen (secondary N) is 1. The number of hydrogen-bond donors (Lipinski definition) is 5. The van der Waals surface area contributed by atoms with Gasteiger partial charge in [0.05, 0.1) is 24.4 Å². The lowest BCUT2D eigenvalue weighted by atomic mass is 9.49. The molecule has 1 aliphatic heterocycles. The molecule has 1 amide bonds. The molecule has 1 saturated heterocycles. The Bertz CT molecular complexity index is 774. The summed E-state index contributed by atoms with van der Waals surface area (Å²) >= 11 is 0. The van der Waals surface area contributed by atoms with Crippen molar-refractivity contribution in [1.82, 2.24) is 5.32 Å². The lowest BCUT2D eigenvalue weighted by Crippen LogP contribution is -2.58. The van der Waals surface area contributed by atoms with Gasteiger partial charge in [-0.1, -0.05) is 48.0 Å². The Hall–Kier alpha value is -0.690. The zero-order chi connectivity index (χ0) is 25.9. The zero-order valence-electron chi connectivity index (χ0n) is 22.8. The van der Waals surface area contributed by atoms with Gasteiger partial charge in [-0.3, -0.25) is 4.79 Å². The van der Waals surface area contributed by atoms with Gasteiger partial charge in [0.2, 0.25) is 5.91 Å². The van der Waals surface area contributed by atoms with Gasteiger partial charge < -0.3 is 25.7 Å². The highest BCUT2D eigenvalue weighted by atomic mass is 16.3. The minimum atomic E-state index is -0.777. The standard InChI is InChI=1S/C29H51NO5/c1-7-17(15(2)3)27(35)26(34)16(4)19-8-9-20-18-12-25(33)30-24-13-22(31)23(32)14-29(24,6)21(18)10-11-28(19,20)5/h15-24,26-27,31-32,34-35H,7-14H2,1-6H3,(H,30,33)/t16-,17-,18-,19+,20-,21-,22-,23+,24-,26-,27-,28+,29+/m0/s1. The monoisotopic (exact) mass is 493 g/mol. The van der Waals surface area contributed by atoms with Gasteiger partial charge in [-0.2, -0.15) is 0 Å². The van der Waals surface area contributed by atoms with Gasteiger partial charge in [-0.25, -0.2) is 0 Å². The van der Waals surface area contributed by atoms with E-state index < -0.39 is 24.4 Å². The average molecular weight is 494 g/mol. The summed E-state index contributed by atoms with van der Waals surface area (Å²) in [6, 6.07) is -0.0946. The third kappa shape index (κ3) is 4.49. The Labute approximate surface area is 212 Å². The molecule has 0 bridgehead atoms. The second-order valence-corrected chi connectivity index (χ2v) is 13.7. The number of carbonyl (C=O) groups is 1. The van der Waals surface area contributed by atoms with Crippen molar-refractivity contribution in [1.29, 1.82) is 0 Å². The van der Waals surface area contributed by atoms with Crippen LogP contribution in [0.25, 0.3) is 0 Å². The van der Waals surface area contributed by atoms with E-state index in [0.29, 0.717) is 42.9 Å². The smallest absolute Gasteiger partial charge is 0.220 e. The Morgan fingerprint density at radius 3 is 2.26 bits per heavy atom. The fourth-order valence-electron chi connectivity index (χ4n) is 9.70. The van der Waals surface area contributed by atoms with Crippen molar-refractivity contribution in [2.45, 2.75) is 123 Å². The van der Waals surface area contributed by atoms with E-state index in [4.69, 9.17) is 0 Å². The summed E-state index contributed by atoms with van der Waals surface area (Å²) in [6.07, 6.45) is 3.49. The van der Waals surface area contributed by atoms with Crippen molar-refractivity contribution in [3.05, 3.63) is 0 Å². The SMILES string of the molecule is CC[C@@H](C(C)C)[C@H](O)[C@@H](O)[C@@H](C)[C@H]1CC[C@H]2[C@@H]3CC(=O)N[C@H]4C[C@H](O)[C@H](O)C[C@]4(C)[C@H]3CC[C@]12C. The molecular weight excluding hydrogens is 442 g/mol. The zero-order valence-corrected chi connectivity index (χ0v) is 22.8. The van der Waals surface area contributed by atoms with Crippen LogP contribution < -0.4 is 5.32 Å². The highest BCUT2D eigenvalue weighted by Gasteiger charge is 2.62. The van der Waals surface area contributed by atoms with Gasteiger partial charge in [0.15, 0.2) is 0 Å². The predicted octanol–water partition coefficient (Wildman–Crippen LogP) is 3.50. The summed E-state index contributed by atoms with van der Waals surface area (Å²) in [5.41, 5.74) is -0.189. The fourth-order valence-corrected chi connectivity index (χ4v) is 9.70. The quantitative estimate of drug-likeness (QED) is 0.389. The van der Waals surface area contributed by atoms with Gasteiger partial charge in [0.1, 0.15) is 0 Å². The van der Waals surface area contributed by atoms with E-state index >= 15 is 0 Å². The van der Waals surface area contributed by atoms with Crippen LogP contribution in [0, 0.1) is 52.3 Å². The molecule has 4 aliphatic rings. The fraction of sp³-hybridized carbons (Fsp3) is 0.966. The Kier molecular flexibility index (Phi) is 7.72. The first-order valence-corrected chi connectivity index (χ1v) is 14.4. The first-order chi connectivity index (χ1) is 16.3. The molecule has 0 aromatic rings. The molecule has 4 fully saturated rings. The molecule has 3 aliphatic carbocycles. The van der Waals surface area contributed by atoms with Gasteiger partial charge in [-0.15, -0.1) is 0 Å². The molecule has 0 aromatic heterocycles. The molecular formula is C29H51NO5. The van der Waals surface area contributed by atoms with Crippen molar-refractivity contribution >= 4 is 5.91 Å². The van der Waals surface area contributed by atoms with Crippen LogP contribution in [-0.4, -0.2) is 56.8 Å². The molecule has 0 radical (unpaired) electrons. The van der Waals surface area contributed by atoms with E-state index in [1.807, 2.05) is 0 Å². The largest absolute Gasteiger partial charge is 0.390 e. The summed E-state index contributed by atoms with van der Waals surface area (Å²) in [5, 5.41) is 46.5. The van der Waals surface area contributed by atoms with E-state index in [2.05, 4.69) is 46.9 Å². The van der Waals surface area contributed by atoms with Crippen molar-refractivity contribution in [2.24, 2.45) is 52.3 Å². The number of amides is 1. The molecule has 1 heterocycles. The third-order valence-corrected chi connectivity index (χ3v) is 11.8. The van der Waals surface area contributed by atoms with Gasteiger partial charge >= 0.3 is 0 Å². The average Bonchev–Trinajstić information content (AvgIpc) is 3.09. The van der Waals surface area contributed by atoms with Gasteiger partial charge in [-0.05, 0) is 90.8 Å². The lowest BCUT2D eigenvalue weighted by Gasteiger charge is -2.56. The molecule has 6 nitrogen and oxygen atoms in total. The minimum Gasteiger partial charge on any atom is -0.390 e. The molecule has 5 N–H and O–H groups in total. The van der Waals surface area contributed by atoms with Crippen LogP contribution in [0.4, 0.5) is 0 Å². The maximum absolute atomic E-state index is 13.1. The first kappa shape index (κ1) is 27.3. The second kappa shape index (κ2) is 9.89. The number of aliphatic hydroxyl groups excluding tert-OH is 4. The number of aliphatic hydroxyl groups is 4. The Morgan fingerprint density at radius 2 is 1.63 bits per heavy atom. The molecule has 6 heteroatoms. The van der Waals surface area contributed by atoms with Crippen molar-refractivity contribution < 1.29 is 25.2 Å². The van der Waals surface area contributed by atoms with Crippen LogP contribution in [0.1, 0.15) is 92.9 Å². The summed E-state index contributed by atoms with van der Waals surface area (Å²) in [4.78, 5) is 13.1. The molecule has 0 spiro atoms. The highest BCUT2D eigenvalue weighted by molar-refractivity contribution is 5.77. The topological polar surface area (TPSA) is 110 Å². The molecule has 3 saturated carbocycles. The number of carbonyl (C=O) groups excluding carboxylic acids is 1. The minimum absolute atomic E-state index is 0.000982. The number of hydrogen-bond acceptors (Lipinski definition) is 5. The summed E-state index contributed by atoms with van der Waals surface area (Å²) in [6.45, 7) is 13.1. The third-order valence-electron chi connectivity index (χ3n) is 11.8. The summed E-state index contributed by atoms with van der Waals surface area (Å²) in [5.74, 6) is 1.79. The maximum atomic E-state index is 13.1. The first-order valence-electron chi connectivity index (χ1n) is 14.4. The Balaban J connectivity index is 1.58. The van der Waals surface area contributed by atoms with Crippen LogP contribution in [0.15, 0.2) is 0 Å². The summed E-state index contributed by atoms with van der Waals surface area (Å²) in [7, 11) is 0. The van der Waals surface area contributed by atoms with Crippen molar-refractivity contribution in [3.63, 3.8) is 0 Å². The molecule has 0 unspecified atom stereocenters. The molecule has 35 heavy (non-hydrogen) atoms. The van der Waals surface area contributed by atoms with Crippen molar-refractivity contribution in [2.75, 3.05) is 0 Å². The number of rotatable bonds is 6. The Morgan fingerprint density at radius 1 is 0.971 bits per heavy atom. The highest BCUT2D eigenvalue weighted by Crippen LogP contribution is 2.65. The van der Waals surface area contributed by atoms with E-state index in [0.717, 1.165) is 32.1 Å². The van der Waals surface area contributed by atoms with E-state index in [1.165, 1.54) is 0 Å². The van der Waals surface area contributed by atoms with Crippen LogP contribution in [0.3, 0.4) is 0 Å². The second-order valence-electron chi connectivity index (χ2n) is 13.7. The summed E-state index contributed by atoms with van der Waals surface area (Å²) < 4.78 is 0. The normalized spacial score (nSPS) is 47.1. The van der Waals surface area contributed by atoms with Crippen LogP contribution >= 0.6 is 0 Å². The molecule has 13 atom stereocenters. The van der Waals surface area contributed by atoms with E-state index in [1.54, 1.807) is 0 Å². The lowest BCUT2D eigenvalue weighted by molar-refractivity contribution is -0.124. The molecule has 4 rings (SSSR count). The van der Waals surface area contributed by atoms with Crippen LogP contribution in [0.5, 0.6) is 0 Å².